The van der Waals surface area contributed by atoms with Gasteiger partial charge in [-0.05, 0) is 19.1 Å². The number of hydrogen-bond acceptors (Lipinski definition) is 6. The van der Waals surface area contributed by atoms with E-state index in [-0.39, 0.29) is 12.8 Å². The molecule has 116 valence electrons. The third-order valence-electron chi connectivity index (χ3n) is 3.28. The van der Waals surface area contributed by atoms with Crippen molar-refractivity contribution in [2.75, 3.05) is 40.0 Å². The number of carbonyl (C=O) groups is 1. The van der Waals surface area contributed by atoms with Crippen molar-refractivity contribution in [1.29, 1.82) is 0 Å². The predicted molar refractivity (Wildman–Crippen MR) is 76.4 cm³/mol. The van der Waals surface area contributed by atoms with E-state index >= 15 is 0 Å². The first kappa shape index (κ1) is 15.6. The maximum atomic E-state index is 11.8. The van der Waals surface area contributed by atoms with Crippen molar-refractivity contribution in [1.82, 2.24) is 4.90 Å². The van der Waals surface area contributed by atoms with Gasteiger partial charge in [0.15, 0.2) is 24.3 Å². The van der Waals surface area contributed by atoms with Crippen molar-refractivity contribution in [3.8, 4) is 11.5 Å². The first-order valence-corrected chi connectivity index (χ1v) is 6.98. The zero-order valence-corrected chi connectivity index (χ0v) is 12.4. The van der Waals surface area contributed by atoms with Gasteiger partial charge in [0.25, 0.3) is 0 Å². The Balaban J connectivity index is 1.78. The molecule has 1 heterocycles. The summed E-state index contributed by atoms with van der Waals surface area (Å²) in [5.74, 6) is 0.711. The third kappa shape index (κ3) is 4.61. The van der Waals surface area contributed by atoms with Crippen LogP contribution in [0.1, 0.15) is 6.92 Å². The van der Waals surface area contributed by atoms with Crippen LogP contribution in [0.4, 0.5) is 0 Å². The molecule has 2 rings (SSSR count). The van der Waals surface area contributed by atoms with E-state index < -0.39 is 5.97 Å². The summed E-state index contributed by atoms with van der Waals surface area (Å²) in [5.41, 5.74) is 0. The van der Waals surface area contributed by atoms with Crippen LogP contribution >= 0.6 is 0 Å². The summed E-state index contributed by atoms with van der Waals surface area (Å²) in [6, 6.07) is 7.18. The minimum Gasteiger partial charge on any atom is -0.493 e. The molecule has 0 saturated carbocycles. The van der Waals surface area contributed by atoms with E-state index in [1.165, 1.54) is 0 Å². The van der Waals surface area contributed by atoms with E-state index in [0.29, 0.717) is 24.7 Å². The van der Waals surface area contributed by atoms with Crippen molar-refractivity contribution < 1.29 is 23.7 Å². The van der Waals surface area contributed by atoms with Gasteiger partial charge in [0, 0.05) is 13.1 Å². The molecule has 6 nitrogen and oxygen atoms in total. The standard InChI is InChI=1S/C15H21NO5/c1-12(16-7-9-19-10-8-16)21-15(17)11-20-14-6-4-3-5-13(14)18-2/h3-6,12H,7-11H2,1-2H3. The molecule has 1 unspecified atom stereocenters. The number of hydrogen-bond donors (Lipinski definition) is 0. The molecule has 1 aliphatic heterocycles. The van der Waals surface area contributed by atoms with Crippen molar-refractivity contribution in [3.63, 3.8) is 0 Å². The van der Waals surface area contributed by atoms with E-state index in [0.717, 1.165) is 13.1 Å². The molecule has 1 fully saturated rings. The number of morpholine rings is 1. The van der Waals surface area contributed by atoms with E-state index in [2.05, 4.69) is 4.90 Å². The maximum absolute atomic E-state index is 11.8. The van der Waals surface area contributed by atoms with Crippen molar-refractivity contribution >= 4 is 5.97 Å². The fourth-order valence-corrected chi connectivity index (χ4v) is 2.11. The number of para-hydroxylation sites is 2. The summed E-state index contributed by atoms with van der Waals surface area (Å²) in [4.78, 5) is 13.9. The van der Waals surface area contributed by atoms with Gasteiger partial charge >= 0.3 is 5.97 Å². The lowest BCUT2D eigenvalue weighted by Crippen LogP contribution is -2.44. The molecule has 1 aromatic rings. The van der Waals surface area contributed by atoms with Crippen LogP contribution in [0.25, 0.3) is 0 Å². The van der Waals surface area contributed by atoms with Gasteiger partial charge in [0.05, 0.1) is 20.3 Å². The van der Waals surface area contributed by atoms with Crippen LogP contribution in [0.15, 0.2) is 24.3 Å². The topological polar surface area (TPSA) is 57.2 Å². The van der Waals surface area contributed by atoms with Gasteiger partial charge in [-0.1, -0.05) is 12.1 Å². The molecular weight excluding hydrogens is 274 g/mol. The molecule has 0 spiro atoms. The zero-order chi connectivity index (χ0) is 15.1. The minimum absolute atomic E-state index is 0.144. The van der Waals surface area contributed by atoms with Gasteiger partial charge in [-0.3, -0.25) is 4.90 Å². The number of benzene rings is 1. The fourth-order valence-electron chi connectivity index (χ4n) is 2.11. The van der Waals surface area contributed by atoms with E-state index in [1.54, 1.807) is 19.2 Å². The fraction of sp³-hybridized carbons (Fsp3) is 0.533. The van der Waals surface area contributed by atoms with Crippen LogP contribution in [0.2, 0.25) is 0 Å². The Morgan fingerprint density at radius 1 is 1.29 bits per heavy atom. The molecule has 0 aliphatic carbocycles. The lowest BCUT2D eigenvalue weighted by atomic mass is 10.3. The highest BCUT2D eigenvalue weighted by Gasteiger charge is 2.20. The molecule has 1 aromatic carbocycles. The molecule has 0 radical (unpaired) electrons. The smallest absolute Gasteiger partial charge is 0.345 e. The molecule has 1 saturated heterocycles. The predicted octanol–water partition coefficient (Wildman–Crippen LogP) is 1.30. The number of nitrogens with zero attached hydrogens (tertiary/aromatic N) is 1. The van der Waals surface area contributed by atoms with Crippen molar-refractivity contribution in [3.05, 3.63) is 24.3 Å². The largest absolute Gasteiger partial charge is 0.493 e. The van der Waals surface area contributed by atoms with Gasteiger partial charge in [-0.2, -0.15) is 0 Å². The molecule has 0 aromatic heterocycles. The molecule has 1 aliphatic rings. The third-order valence-corrected chi connectivity index (χ3v) is 3.28. The van der Waals surface area contributed by atoms with Crippen LogP contribution in [0.3, 0.4) is 0 Å². The molecule has 6 heteroatoms. The average molecular weight is 295 g/mol. The molecule has 0 amide bonds. The summed E-state index contributed by atoms with van der Waals surface area (Å²) < 4.78 is 21.2. The van der Waals surface area contributed by atoms with E-state index in [4.69, 9.17) is 18.9 Å². The van der Waals surface area contributed by atoms with Crippen LogP contribution in [-0.2, 0) is 14.3 Å². The molecule has 0 N–H and O–H groups in total. The molecular formula is C15H21NO5. The summed E-state index contributed by atoms with van der Waals surface area (Å²) >= 11 is 0. The van der Waals surface area contributed by atoms with Gasteiger partial charge in [0.2, 0.25) is 0 Å². The lowest BCUT2D eigenvalue weighted by molar-refractivity contribution is -0.163. The summed E-state index contributed by atoms with van der Waals surface area (Å²) in [7, 11) is 1.56. The number of carbonyl (C=O) groups excluding carboxylic acids is 1. The number of ether oxygens (including phenoxy) is 4. The highest BCUT2D eigenvalue weighted by atomic mass is 16.6. The Bertz CT molecular complexity index is 459. The maximum Gasteiger partial charge on any atom is 0.345 e. The summed E-state index contributed by atoms with van der Waals surface area (Å²) in [6.45, 7) is 4.57. The Morgan fingerprint density at radius 3 is 2.62 bits per heavy atom. The number of rotatable bonds is 6. The van der Waals surface area contributed by atoms with Crippen LogP contribution < -0.4 is 9.47 Å². The Kier molecular flexibility index (Phi) is 5.83. The SMILES string of the molecule is COc1ccccc1OCC(=O)OC(C)N1CCOCC1. The minimum atomic E-state index is -0.403. The van der Waals surface area contributed by atoms with E-state index in [1.807, 2.05) is 19.1 Å². The van der Waals surface area contributed by atoms with Crippen LogP contribution in [0.5, 0.6) is 11.5 Å². The quantitative estimate of drug-likeness (QED) is 0.737. The first-order valence-electron chi connectivity index (χ1n) is 6.98. The van der Waals surface area contributed by atoms with Gasteiger partial charge < -0.3 is 18.9 Å². The van der Waals surface area contributed by atoms with Gasteiger partial charge in [-0.25, -0.2) is 4.79 Å². The Morgan fingerprint density at radius 2 is 1.95 bits per heavy atom. The van der Waals surface area contributed by atoms with Gasteiger partial charge in [0.1, 0.15) is 0 Å². The normalized spacial score (nSPS) is 17.0. The lowest BCUT2D eigenvalue weighted by Gasteiger charge is -2.31. The number of esters is 1. The van der Waals surface area contributed by atoms with E-state index in [9.17, 15) is 4.79 Å². The second-order valence-electron chi connectivity index (χ2n) is 4.68. The Labute approximate surface area is 124 Å². The zero-order valence-electron chi connectivity index (χ0n) is 12.4. The average Bonchev–Trinajstić information content (AvgIpc) is 2.54. The summed E-state index contributed by atoms with van der Waals surface area (Å²) in [6.07, 6.45) is -0.275. The van der Waals surface area contributed by atoms with Crippen LogP contribution in [-0.4, -0.2) is 57.1 Å². The molecule has 1 atom stereocenters. The Hall–Kier alpha value is -1.79. The monoisotopic (exact) mass is 295 g/mol. The van der Waals surface area contributed by atoms with Gasteiger partial charge in [-0.15, -0.1) is 0 Å². The second-order valence-corrected chi connectivity index (χ2v) is 4.68. The first-order chi connectivity index (χ1) is 10.2. The van der Waals surface area contributed by atoms with Crippen LogP contribution in [0, 0.1) is 0 Å². The second kappa shape index (κ2) is 7.85. The highest BCUT2D eigenvalue weighted by Crippen LogP contribution is 2.25. The number of methoxy groups -OCH3 is 1. The highest BCUT2D eigenvalue weighted by molar-refractivity contribution is 5.71. The van der Waals surface area contributed by atoms with Crippen molar-refractivity contribution in [2.24, 2.45) is 0 Å². The summed E-state index contributed by atoms with van der Waals surface area (Å²) in [5, 5.41) is 0. The molecule has 0 bridgehead atoms. The molecule has 21 heavy (non-hydrogen) atoms. The van der Waals surface area contributed by atoms with Crippen molar-refractivity contribution in [2.45, 2.75) is 13.2 Å².